The molecule has 0 saturated carbocycles. The van der Waals surface area contributed by atoms with Crippen LogP contribution in [0.15, 0.2) is 22.7 Å². The minimum Gasteiger partial charge on any atom is -0.381 e. The van der Waals surface area contributed by atoms with E-state index in [1.54, 1.807) is 0 Å². The molecule has 18 heavy (non-hydrogen) atoms. The van der Waals surface area contributed by atoms with E-state index in [-0.39, 0.29) is 0 Å². The molecule has 2 rings (SSSR count). The maximum atomic E-state index is 5.47. The molecule has 1 fully saturated rings. The lowest BCUT2D eigenvalue weighted by Crippen LogP contribution is -2.32. The van der Waals surface area contributed by atoms with E-state index >= 15 is 0 Å². The Morgan fingerprint density at radius 2 is 2.11 bits per heavy atom. The summed E-state index contributed by atoms with van der Waals surface area (Å²) in [4.78, 5) is 0. The van der Waals surface area contributed by atoms with Gasteiger partial charge in [-0.05, 0) is 49.4 Å². The van der Waals surface area contributed by atoms with E-state index in [4.69, 9.17) is 4.74 Å². The second-order valence-electron chi connectivity index (χ2n) is 5.01. The molecule has 1 aromatic carbocycles. The van der Waals surface area contributed by atoms with Crippen molar-refractivity contribution in [1.29, 1.82) is 0 Å². The van der Waals surface area contributed by atoms with E-state index in [2.05, 4.69) is 53.3 Å². The smallest absolute Gasteiger partial charge is 0.0469 e. The number of aryl methyl sites for hydroxylation is 1. The van der Waals surface area contributed by atoms with Crippen LogP contribution in [0.1, 0.15) is 36.9 Å². The number of hydrogen-bond donors (Lipinski definition) is 1. The quantitative estimate of drug-likeness (QED) is 0.912. The van der Waals surface area contributed by atoms with Gasteiger partial charge >= 0.3 is 0 Å². The number of rotatable bonds is 4. The fraction of sp³-hybridized carbons (Fsp3) is 0.600. The van der Waals surface area contributed by atoms with E-state index in [1.807, 2.05) is 0 Å². The van der Waals surface area contributed by atoms with Gasteiger partial charge in [-0.25, -0.2) is 0 Å². The third-order valence-corrected chi connectivity index (χ3v) is 4.34. The molecule has 1 unspecified atom stereocenters. The first-order valence-electron chi connectivity index (χ1n) is 6.79. The molecule has 1 saturated heterocycles. The molecular formula is C15H22BrNO. The Balaban J connectivity index is 2.22. The van der Waals surface area contributed by atoms with Gasteiger partial charge in [0.1, 0.15) is 0 Å². The summed E-state index contributed by atoms with van der Waals surface area (Å²) in [6, 6.07) is 7.10. The van der Waals surface area contributed by atoms with Crippen LogP contribution < -0.4 is 5.32 Å². The summed E-state index contributed by atoms with van der Waals surface area (Å²) in [6.45, 7) is 7.11. The van der Waals surface area contributed by atoms with Crippen LogP contribution in [0.3, 0.4) is 0 Å². The molecule has 0 amide bonds. The Morgan fingerprint density at radius 3 is 2.72 bits per heavy atom. The van der Waals surface area contributed by atoms with Gasteiger partial charge in [0.25, 0.3) is 0 Å². The highest BCUT2D eigenvalue weighted by Gasteiger charge is 2.26. The van der Waals surface area contributed by atoms with Gasteiger partial charge in [-0.3, -0.25) is 0 Å². The van der Waals surface area contributed by atoms with Crippen LogP contribution in [0, 0.1) is 12.8 Å². The van der Waals surface area contributed by atoms with Crippen LogP contribution in [0.25, 0.3) is 0 Å². The van der Waals surface area contributed by atoms with Gasteiger partial charge in [-0.15, -0.1) is 0 Å². The standard InChI is InChI=1S/C15H22BrNO/c1-3-17-15(12-6-8-18-9-7-12)13-5-4-11(2)10-14(13)16/h4-5,10,12,15,17H,3,6-9H2,1-2H3. The molecule has 1 heterocycles. The average molecular weight is 312 g/mol. The zero-order valence-electron chi connectivity index (χ0n) is 11.2. The lowest BCUT2D eigenvalue weighted by atomic mass is 9.87. The summed E-state index contributed by atoms with van der Waals surface area (Å²) in [5.74, 6) is 0.678. The maximum Gasteiger partial charge on any atom is 0.0469 e. The zero-order valence-corrected chi connectivity index (χ0v) is 12.8. The lowest BCUT2D eigenvalue weighted by molar-refractivity contribution is 0.0537. The second kappa shape index (κ2) is 6.69. The van der Waals surface area contributed by atoms with Gasteiger partial charge in [0.15, 0.2) is 0 Å². The summed E-state index contributed by atoms with van der Waals surface area (Å²) in [6.07, 6.45) is 2.30. The van der Waals surface area contributed by atoms with Crippen molar-refractivity contribution < 1.29 is 4.74 Å². The Morgan fingerprint density at radius 1 is 1.39 bits per heavy atom. The molecule has 1 aliphatic rings. The first-order chi connectivity index (χ1) is 8.72. The highest BCUT2D eigenvalue weighted by Crippen LogP contribution is 2.34. The number of ether oxygens (including phenoxy) is 1. The fourth-order valence-electron chi connectivity index (χ4n) is 2.68. The van der Waals surface area contributed by atoms with Crippen LogP contribution in [-0.4, -0.2) is 19.8 Å². The van der Waals surface area contributed by atoms with Crippen molar-refractivity contribution in [1.82, 2.24) is 5.32 Å². The minimum absolute atomic E-state index is 0.439. The van der Waals surface area contributed by atoms with E-state index in [9.17, 15) is 0 Å². The molecule has 100 valence electrons. The Kier molecular flexibility index (Phi) is 5.22. The summed E-state index contributed by atoms with van der Waals surface area (Å²) < 4.78 is 6.70. The van der Waals surface area contributed by atoms with Gasteiger partial charge in [0.2, 0.25) is 0 Å². The molecule has 0 aliphatic carbocycles. The highest BCUT2D eigenvalue weighted by atomic mass is 79.9. The molecule has 1 N–H and O–H groups in total. The minimum atomic E-state index is 0.439. The molecule has 0 aromatic heterocycles. The van der Waals surface area contributed by atoms with E-state index < -0.39 is 0 Å². The van der Waals surface area contributed by atoms with Crippen molar-refractivity contribution in [3.63, 3.8) is 0 Å². The third-order valence-electron chi connectivity index (χ3n) is 3.65. The van der Waals surface area contributed by atoms with Crippen molar-refractivity contribution in [2.45, 2.75) is 32.7 Å². The number of benzene rings is 1. The largest absolute Gasteiger partial charge is 0.381 e. The second-order valence-corrected chi connectivity index (χ2v) is 5.86. The summed E-state index contributed by atoms with van der Waals surface area (Å²) in [5, 5.41) is 3.64. The Labute approximate surface area is 118 Å². The molecule has 3 heteroatoms. The molecule has 0 bridgehead atoms. The van der Waals surface area contributed by atoms with Crippen molar-refractivity contribution in [2.24, 2.45) is 5.92 Å². The first-order valence-corrected chi connectivity index (χ1v) is 7.59. The van der Waals surface area contributed by atoms with Crippen molar-refractivity contribution >= 4 is 15.9 Å². The lowest BCUT2D eigenvalue weighted by Gasteiger charge is -2.32. The number of halogens is 1. The molecule has 0 spiro atoms. The van der Waals surface area contributed by atoms with Crippen molar-refractivity contribution in [2.75, 3.05) is 19.8 Å². The van der Waals surface area contributed by atoms with E-state index in [0.29, 0.717) is 12.0 Å². The molecule has 2 nitrogen and oxygen atoms in total. The van der Waals surface area contributed by atoms with Gasteiger partial charge in [-0.1, -0.05) is 35.0 Å². The van der Waals surface area contributed by atoms with Crippen molar-refractivity contribution in [3.05, 3.63) is 33.8 Å². The predicted molar refractivity (Wildman–Crippen MR) is 78.8 cm³/mol. The molecule has 1 aromatic rings. The molecule has 1 aliphatic heterocycles. The van der Waals surface area contributed by atoms with E-state index in [1.165, 1.54) is 15.6 Å². The molecular weight excluding hydrogens is 290 g/mol. The Bertz CT molecular complexity index is 388. The Hall–Kier alpha value is -0.380. The van der Waals surface area contributed by atoms with Crippen LogP contribution in [0.2, 0.25) is 0 Å². The molecule has 0 radical (unpaired) electrons. The first kappa shape index (κ1) is 14.0. The van der Waals surface area contributed by atoms with Crippen LogP contribution in [-0.2, 0) is 4.74 Å². The summed E-state index contributed by atoms with van der Waals surface area (Å²) in [5.41, 5.74) is 2.68. The van der Waals surface area contributed by atoms with Gasteiger partial charge in [0.05, 0.1) is 0 Å². The maximum absolute atomic E-state index is 5.47. The third kappa shape index (κ3) is 3.34. The van der Waals surface area contributed by atoms with Crippen molar-refractivity contribution in [3.8, 4) is 0 Å². The predicted octanol–water partition coefficient (Wildman–Crippen LogP) is 3.83. The topological polar surface area (TPSA) is 21.3 Å². The number of hydrogen-bond acceptors (Lipinski definition) is 2. The van der Waals surface area contributed by atoms with Gasteiger partial charge < -0.3 is 10.1 Å². The fourth-order valence-corrected chi connectivity index (χ4v) is 3.42. The van der Waals surface area contributed by atoms with Crippen LogP contribution >= 0.6 is 15.9 Å². The van der Waals surface area contributed by atoms with Gasteiger partial charge in [-0.2, -0.15) is 0 Å². The summed E-state index contributed by atoms with van der Waals surface area (Å²) >= 11 is 3.71. The van der Waals surface area contributed by atoms with Crippen LogP contribution in [0.5, 0.6) is 0 Å². The number of nitrogens with one attached hydrogen (secondary N) is 1. The monoisotopic (exact) mass is 311 g/mol. The average Bonchev–Trinajstić information content (AvgIpc) is 2.38. The summed E-state index contributed by atoms with van der Waals surface area (Å²) in [7, 11) is 0. The highest BCUT2D eigenvalue weighted by molar-refractivity contribution is 9.10. The zero-order chi connectivity index (χ0) is 13.0. The SMILES string of the molecule is CCNC(c1ccc(C)cc1Br)C1CCOCC1. The normalized spacial score (nSPS) is 18.8. The van der Waals surface area contributed by atoms with Gasteiger partial charge in [0, 0.05) is 23.7 Å². The van der Waals surface area contributed by atoms with Crippen LogP contribution in [0.4, 0.5) is 0 Å². The molecule has 1 atom stereocenters. The van der Waals surface area contributed by atoms with E-state index in [0.717, 1.165) is 32.6 Å².